The molecular weight excluding hydrogens is 352 g/mol. The molecule has 0 bridgehead atoms. The predicted molar refractivity (Wildman–Crippen MR) is 110 cm³/mol. The summed E-state index contributed by atoms with van der Waals surface area (Å²) in [5.41, 5.74) is 4.56. The maximum atomic E-state index is 10.0. The van der Waals surface area contributed by atoms with E-state index in [0.29, 0.717) is 0 Å². The minimum Gasteiger partial charge on any atom is -0.394 e. The van der Waals surface area contributed by atoms with E-state index in [2.05, 4.69) is 15.0 Å². The van der Waals surface area contributed by atoms with Crippen molar-refractivity contribution in [3.8, 4) is 11.3 Å². The normalized spacial score (nSPS) is 12.2. The fourth-order valence-electron chi connectivity index (χ4n) is 3.43. The van der Waals surface area contributed by atoms with Crippen molar-refractivity contribution in [2.45, 2.75) is 12.6 Å². The van der Waals surface area contributed by atoms with Crippen LogP contribution in [0, 0.1) is 0 Å². The molecule has 0 radical (unpaired) electrons. The minimum absolute atomic E-state index is 0.0219. The molecular formula is C22H22N4O2. The second-order valence-corrected chi connectivity index (χ2v) is 6.72. The molecule has 0 saturated carbocycles. The molecule has 0 spiro atoms. The molecule has 1 unspecified atom stereocenters. The molecule has 1 atom stereocenters. The molecule has 0 amide bonds. The number of hydrogen-bond donors (Lipinski definition) is 3. The summed E-state index contributed by atoms with van der Waals surface area (Å²) in [4.78, 5) is 14.2. The number of aliphatic hydroxyl groups is 2. The van der Waals surface area contributed by atoms with Gasteiger partial charge < -0.3 is 20.1 Å². The molecule has 0 saturated heterocycles. The first-order valence-corrected chi connectivity index (χ1v) is 9.13. The molecule has 6 nitrogen and oxygen atoms in total. The van der Waals surface area contributed by atoms with Gasteiger partial charge in [0.1, 0.15) is 17.8 Å². The molecule has 4 rings (SSSR count). The highest BCUT2D eigenvalue weighted by Crippen LogP contribution is 2.32. The molecule has 142 valence electrons. The Bertz CT molecular complexity index is 1060. The molecule has 0 aliphatic rings. The fraction of sp³-hybridized carbons (Fsp3) is 0.182. The van der Waals surface area contributed by atoms with Gasteiger partial charge in [-0.2, -0.15) is 0 Å². The summed E-state index contributed by atoms with van der Waals surface area (Å²) in [5.74, 6) is 0.752. The predicted octanol–water partition coefficient (Wildman–Crippen LogP) is 3.29. The maximum absolute atomic E-state index is 10.0. The van der Waals surface area contributed by atoms with Crippen LogP contribution in [0.4, 0.5) is 5.82 Å². The van der Waals surface area contributed by atoms with Crippen LogP contribution in [-0.2, 0) is 6.61 Å². The summed E-state index contributed by atoms with van der Waals surface area (Å²) in [7, 11) is 1.93. The van der Waals surface area contributed by atoms with E-state index in [1.165, 1.54) is 6.33 Å². The zero-order valence-electron chi connectivity index (χ0n) is 15.6. The number of aliphatic hydroxyl groups excluding tert-OH is 2. The lowest BCUT2D eigenvalue weighted by Crippen LogP contribution is -2.28. The van der Waals surface area contributed by atoms with Crippen molar-refractivity contribution < 1.29 is 10.2 Å². The van der Waals surface area contributed by atoms with Crippen LogP contribution < -0.4 is 4.90 Å². The first-order valence-electron chi connectivity index (χ1n) is 9.13. The highest BCUT2D eigenvalue weighted by molar-refractivity contribution is 5.92. The smallest absolute Gasteiger partial charge is 0.143 e. The third-order valence-electron chi connectivity index (χ3n) is 5.01. The molecule has 4 aromatic rings. The quantitative estimate of drug-likeness (QED) is 0.482. The number of likely N-dealkylation sites (N-methyl/N-ethyl adjacent to an activating group) is 1. The summed E-state index contributed by atoms with van der Waals surface area (Å²) < 4.78 is 0. The highest BCUT2D eigenvalue weighted by Gasteiger charge is 2.20. The number of hydrogen-bond acceptors (Lipinski definition) is 5. The maximum Gasteiger partial charge on any atom is 0.143 e. The third-order valence-corrected chi connectivity index (χ3v) is 5.01. The van der Waals surface area contributed by atoms with Crippen molar-refractivity contribution in [1.82, 2.24) is 15.0 Å². The summed E-state index contributed by atoms with van der Waals surface area (Å²) >= 11 is 0. The van der Waals surface area contributed by atoms with Gasteiger partial charge in [-0.15, -0.1) is 0 Å². The lowest BCUT2D eigenvalue weighted by Gasteiger charge is -2.28. The number of anilines is 1. The zero-order valence-corrected chi connectivity index (χ0v) is 15.6. The van der Waals surface area contributed by atoms with E-state index in [0.717, 1.165) is 39.2 Å². The summed E-state index contributed by atoms with van der Waals surface area (Å²) in [6, 6.07) is 19.4. The van der Waals surface area contributed by atoms with Crippen LogP contribution in [-0.4, -0.2) is 38.8 Å². The Morgan fingerprint density at radius 1 is 1.00 bits per heavy atom. The SMILES string of the molecule is CN(c1ncnc2[nH]c(-c3ccc(CO)cc3)cc12)C(CO)c1ccccc1. The number of aromatic nitrogens is 3. The number of nitrogens with one attached hydrogen (secondary N) is 1. The second-order valence-electron chi connectivity index (χ2n) is 6.72. The van der Waals surface area contributed by atoms with Gasteiger partial charge in [-0.3, -0.25) is 0 Å². The minimum atomic E-state index is -0.207. The molecule has 2 aromatic heterocycles. The Morgan fingerprint density at radius 3 is 2.43 bits per heavy atom. The van der Waals surface area contributed by atoms with Crippen molar-refractivity contribution in [1.29, 1.82) is 0 Å². The Labute approximate surface area is 163 Å². The zero-order chi connectivity index (χ0) is 19.5. The summed E-state index contributed by atoms with van der Waals surface area (Å²) in [6.45, 7) is 0.00134. The monoisotopic (exact) mass is 374 g/mol. The molecule has 28 heavy (non-hydrogen) atoms. The summed E-state index contributed by atoms with van der Waals surface area (Å²) in [5, 5.41) is 20.1. The Hall–Kier alpha value is -3.22. The average molecular weight is 374 g/mol. The van der Waals surface area contributed by atoms with Crippen LogP contribution in [0.15, 0.2) is 67.0 Å². The number of fused-ring (bicyclic) bond motifs is 1. The van der Waals surface area contributed by atoms with Gasteiger partial charge in [0.25, 0.3) is 0 Å². The van der Waals surface area contributed by atoms with Crippen molar-refractivity contribution in [2.75, 3.05) is 18.6 Å². The van der Waals surface area contributed by atoms with Crippen molar-refractivity contribution in [2.24, 2.45) is 0 Å². The number of nitrogens with zero attached hydrogens (tertiary/aromatic N) is 3. The molecule has 0 fully saturated rings. The van der Waals surface area contributed by atoms with Gasteiger partial charge in [0, 0.05) is 12.7 Å². The first-order chi connectivity index (χ1) is 13.7. The topological polar surface area (TPSA) is 85.3 Å². The lowest BCUT2D eigenvalue weighted by molar-refractivity contribution is 0.264. The van der Waals surface area contributed by atoms with Gasteiger partial charge >= 0.3 is 0 Å². The van der Waals surface area contributed by atoms with Crippen LogP contribution in [0.2, 0.25) is 0 Å². The van der Waals surface area contributed by atoms with Crippen LogP contribution in [0.3, 0.4) is 0 Å². The van der Waals surface area contributed by atoms with Gasteiger partial charge in [0.2, 0.25) is 0 Å². The van der Waals surface area contributed by atoms with Gasteiger partial charge in [0.05, 0.1) is 24.6 Å². The summed E-state index contributed by atoms with van der Waals surface area (Å²) in [6.07, 6.45) is 1.53. The van der Waals surface area contributed by atoms with Gasteiger partial charge in [-0.05, 0) is 22.8 Å². The fourth-order valence-corrected chi connectivity index (χ4v) is 3.43. The van der Waals surface area contributed by atoms with Crippen LogP contribution in [0.5, 0.6) is 0 Å². The molecule has 2 heterocycles. The second kappa shape index (κ2) is 7.80. The average Bonchev–Trinajstić information content (AvgIpc) is 3.19. The van der Waals surface area contributed by atoms with Crippen LogP contribution >= 0.6 is 0 Å². The van der Waals surface area contributed by atoms with E-state index in [1.807, 2.05) is 72.6 Å². The number of rotatable bonds is 6. The molecule has 0 aliphatic heterocycles. The molecule has 6 heteroatoms. The van der Waals surface area contributed by atoms with Gasteiger partial charge in [-0.25, -0.2) is 9.97 Å². The van der Waals surface area contributed by atoms with Crippen molar-refractivity contribution in [3.05, 3.63) is 78.1 Å². The number of aromatic amines is 1. The lowest BCUT2D eigenvalue weighted by atomic mass is 10.1. The Morgan fingerprint density at radius 2 is 1.75 bits per heavy atom. The van der Waals surface area contributed by atoms with Crippen molar-refractivity contribution in [3.63, 3.8) is 0 Å². The van der Waals surface area contributed by atoms with E-state index < -0.39 is 0 Å². The number of benzene rings is 2. The molecule has 3 N–H and O–H groups in total. The first kappa shape index (κ1) is 18.2. The molecule has 2 aromatic carbocycles. The molecule has 0 aliphatic carbocycles. The highest BCUT2D eigenvalue weighted by atomic mass is 16.3. The number of H-pyrrole nitrogens is 1. The van der Waals surface area contributed by atoms with E-state index in [1.54, 1.807) is 0 Å². The van der Waals surface area contributed by atoms with Gasteiger partial charge in [0.15, 0.2) is 0 Å². The van der Waals surface area contributed by atoms with E-state index in [4.69, 9.17) is 0 Å². The van der Waals surface area contributed by atoms with E-state index in [-0.39, 0.29) is 19.3 Å². The third kappa shape index (κ3) is 3.35. The Kier molecular flexibility index (Phi) is 5.06. The standard InChI is InChI=1S/C22H22N4O2/c1-26(20(13-28)17-5-3-2-4-6-17)22-18-11-19(25-21(18)23-14-24-22)16-9-7-15(12-27)8-10-16/h2-11,14,20,27-28H,12-13H2,1H3,(H,23,24,25). The van der Waals surface area contributed by atoms with Crippen LogP contribution in [0.1, 0.15) is 17.2 Å². The van der Waals surface area contributed by atoms with Crippen molar-refractivity contribution >= 4 is 16.9 Å². The largest absolute Gasteiger partial charge is 0.394 e. The van der Waals surface area contributed by atoms with Crippen LogP contribution in [0.25, 0.3) is 22.3 Å². The van der Waals surface area contributed by atoms with Gasteiger partial charge in [-0.1, -0.05) is 54.6 Å². The van der Waals surface area contributed by atoms with E-state index >= 15 is 0 Å². The van der Waals surface area contributed by atoms with E-state index in [9.17, 15) is 10.2 Å². The Balaban J connectivity index is 1.74.